The summed E-state index contributed by atoms with van der Waals surface area (Å²) in [5.74, 6) is 2.68. The monoisotopic (exact) mass is 284 g/mol. The zero-order valence-corrected chi connectivity index (χ0v) is 13.2. The van der Waals surface area contributed by atoms with Crippen LogP contribution in [0, 0.1) is 17.8 Å². The van der Waals surface area contributed by atoms with E-state index in [1.165, 1.54) is 37.9 Å². The Morgan fingerprint density at radius 3 is 2.71 bits per heavy atom. The number of rotatable bonds is 8. The van der Waals surface area contributed by atoms with Gasteiger partial charge >= 0.3 is 0 Å². The topological polar surface area (TPSA) is 15.3 Å². The van der Waals surface area contributed by atoms with Crippen LogP contribution in [0.5, 0.6) is 0 Å². The van der Waals surface area contributed by atoms with Crippen molar-refractivity contribution in [3.05, 3.63) is 48.0 Å². The van der Waals surface area contributed by atoms with Gasteiger partial charge in [-0.15, -0.1) is 0 Å². The van der Waals surface area contributed by atoms with Crippen molar-refractivity contribution in [1.29, 1.82) is 0 Å². The lowest BCUT2D eigenvalue weighted by molar-refractivity contribution is 0.316. The summed E-state index contributed by atoms with van der Waals surface area (Å²) >= 11 is 0. The van der Waals surface area contributed by atoms with Gasteiger partial charge in [0.1, 0.15) is 0 Å². The molecule has 21 heavy (non-hydrogen) atoms. The number of nitrogens with zero attached hydrogens (tertiary/aromatic N) is 1. The van der Waals surface area contributed by atoms with Crippen molar-refractivity contribution in [3.63, 3.8) is 0 Å². The van der Waals surface area contributed by atoms with Gasteiger partial charge in [-0.05, 0) is 69.3 Å². The molecule has 3 unspecified atom stereocenters. The van der Waals surface area contributed by atoms with Crippen LogP contribution < -0.4 is 5.32 Å². The molecule has 2 heteroatoms. The second-order valence-corrected chi connectivity index (χ2v) is 6.82. The highest BCUT2D eigenvalue weighted by Gasteiger charge is 2.34. The smallest absolute Gasteiger partial charge is 0.0230 e. The summed E-state index contributed by atoms with van der Waals surface area (Å²) in [6.45, 7) is 4.58. The first-order valence-corrected chi connectivity index (χ1v) is 8.43. The van der Waals surface area contributed by atoms with Gasteiger partial charge in [-0.1, -0.05) is 42.5 Å². The van der Waals surface area contributed by atoms with E-state index in [-0.39, 0.29) is 0 Å². The fourth-order valence-corrected chi connectivity index (χ4v) is 3.86. The van der Waals surface area contributed by atoms with Crippen LogP contribution in [-0.2, 0) is 6.54 Å². The van der Waals surface area contributed by atoms with E-state index in [4.69, 9.17) is 0 Å². The zero-order chi connectivity index (χ0) is 14.5. The lowest BCUT2D eigenvalue weighted by Crippen LogP contribution is -2.28. The van der Waals surface area contributed by atoms with Gasteiger partial charge in [-0.25, -0.2) is 0 Å². The molecule has 0 amide bonds. The molecule has 2 aliphatic rings. The molecule has 2 aliphatic carbocycles. The van der Waals surface area contributed by atoms with E-state index in [2.05, 4.69) is 59.7 Å². The average molecular weight is 284 g/mol. The zero-order valence-electron chi connectivity index (χ0n) is 13.2. The number of hydrogen-bond acceptors (Lipinski definition) is 2. The molecule has 0 spiro atoms. The molecule has 1 saturated carbocycles. The molecular formula is C19H28N2. The van der Waals surface area contributed by atoms with Crippen LogP contribution in [0.4, 0.5) is 0 Å². The van der Waals surface area contributed by atoms with Crippen molar-refractivity contribution in [2.75, 3.05) is 26.7 Å². The number of hydrogen-bond donors (Lipinski definition) is 1. The molecule has 0 aromatic heterocycles. The standard InChI is InChI=1S/C19H28N2/c1-21(15-16-6-3-2-4-7-16)11-5-10-20-14-19-13-17-8-9-18(19)12-17/h2-4,6-9,17-20H,5,10-15H2,1H3. The maximum Gasteiger partial charge on any atom is 0.0230 e. The molecule has 3 atom stereocenters. The number of nitrogens with one attached hydrogen (secondary N) is 1. The maximum absolute atomic E-state index is 3.67. The summed E-state index contributed by atoms with van der Waals surface area (Å²) in [5.41, 5.74) is 1.40. The van der Waals surface area contributed by atoms with Crippen LogP contribution >= 0.6 is 0 Å². The van der Waals surface area contributed by atoms with Gasteiger partial charge in [0.15, 0.2) is 0 Å². The summed E-state index contributed by atoms with van der Waals surface area (Å²) in [4.78, 5) is 2.41. The van der Waals surface area contributed by atoms with Crippen molar-refractivity contribution in [2.45, 2.75) is 25.8 Å². The summed E-state index contributed by atoms with van der Waals surface area (Å²) in [6, 6.07) is 10.7. The normalized spacial score (nSPS) is 26.9. The third-order valence-electron chi connectivity index (χ3n) is 5.01. The van der Waals surface area contributed by atoms with Crippen molar-refractivity contribution in [1.82, 2.24) is 10.2 Å². The van der Waals surface area contributed by atoms with Crippen molar-refractivity contribution in [3.8, 4) is 0 Å². The molecule has 1 aromatic carbocycles. The lowest BCUT2D eigenvalue weighted by atomic mass is 9.94. The first-order chi connectivity index (χ1) is 10.3. The lowest BCUT2D eigenvalue weighted by Gasteiger charge is -2.20. The van der Waals surface area contributed by atoms with Crippen molar-refractivity contribution >= 4 is 0 Å². The molecule has 1 aromatic rings. The molecule has 0 aliphatic heterocycles. The average Bonchev–Trinajstić information content (AvgIpc) is 3.10. The van der Waals surface area contributed by atoms with E-state index in [0.717, 1.165) is 30.8 Å². The molecule has 3 rings (SSSR count). The molecule has 2 nitrogen and oxygen atoms in total. The quantitative estimate of drug-likeness (QED) is 0.582. The summed E-state index contributed by atoms with van der Waals surface area (Å²) in [5, 5.41) is 3.67. The molecule has 2 bridgehead atoms. The highest BCUT2D eigenvalue weighted by atomic mass is 15.1. The van der Waals surface area contributed by atoms with Crippen LogP contribution in [0.2, 0.25) is 0 Å². The largest absolute Gasteiger partial charge is 0.316 e. The molecule has 0 saturated heterocycles. The molecule has 1 fully saturated rings. The highest BCUT2D eigenvalue weighted by Crippen LogP contribution is 2.42. The second-order valence-electron chi connectivity index (χ2n) is 6.82. The summed E-state index contributed by atoms with van der Waals surface area (Å²) in [7, 11) is 2.22. The SMILES string of the molecule is CN(CCCNCC1CC2C=CC1C2)Cc1ccccc1. The maximum atomic E-state index is 3.67. The minimum Gasteiger partial charge on any atom is -0.316 e. The fraction of sp³-hybridized carbons (Fsp3) is 0.579. The van der Waals surface area contributed by atoms with Crippen LogP contribution in [0.25, 0.3) is 0 Å². The number of benzene rings is 1. The third kappa shape index (κ3) is 4.18. The van der Waals surface area contributed by atoms with Gasteiger partial charge in [0.25, 0.3) is 0 Å². The van der Waals surface area contributed by atoms with Crippen molar-refractivity contribution < 1.29 is 0 Å². The van der Waals surface area contributed by atoms with E-state index in [1.54, 1.807) is 0 Å². The molecule has 1 N–H and O–H groups in total. The van der Waals surface area contributed by atoms with E-state index in [9.17, 15) is 0 Å². The predicted molar refractivity (Wildman–Crippen MR) is 89.1 cm³/mol. The molecular weight excluding hydrogens is 256 g/mol. The van der Waals surface area contributed by atoms with E-state index < -0.39 is 0 Å². The predicted octanol–water partition coefficient (Wildman–Crippen LogP) is 3.31. The molecule has 0 heterocycles. The third-order valence-corrected chi connectivity index (χ3v) is 5.01. The Hall–Kier alpha value is -1.12. The Kier molecular flexibility index (Phi) is 5.10. The van der Waals surface area contributed by atoms with E-state index in [1.807, 2.05) is 0 Å². The van der Waals surface area contributed by atoms with E-state index >= 15 is 0 Å². The van der Waals surface area contributed by atoms with Crippen LogP contribution in [0.15, 0.2) is 42.5 Å². The van der Waals surface area contributed by atoms with Gasteiger partial charge in [0.2, 0.25) is 0 Å². The number of allylic oxidation sites excluding steroid dienone is 2. The second kappa shape index (κ2) is 7.24. The minimum absolute atomic E-state index is 0.878. The fourth-order valence-electron chi connectivity index (χ4n) is 3.86. The molecule has 114 valence electrons. The Bertz CT molecular complexity index is 454. The first-order valence-electron chi connectivity index (χ1n) is 8.43. The van der Waals surface area contributed by atoms with Crippen LogP contribution in [-0.4, -0.2) is 31.6 Å². The molecule has 0 radical (unpaired) electrons. The van der Waals surface area contributed by atoms with Gasteiger partial charge in [0.05, 0.1) is 0 Å². The van der Waals surface area contributed by atoms with Crippen LogP contribution in [0.1, 0.15) is 24.8 Å². The van der Waals surface area contributed by atoms with Gasteiger partial charge in [-0.2, -0.15) is 0 Å². The Morgan fingerprint density at radius 2 is 2.00 bits per heavy atom. The highest BCUT2D eigenvalue weighted by molar-refractivity contribution is 5.14. The summed E-state index contributed by atoms with van der Waals surface area (Å²) in [6.07, 6.45) is 8.96. The summed E-state index contributed by atoms with van der Waals surface area (Å²) < 4.78 is 0. The van der Waals surface area contributed by atoms with Crippen molar-refractivity contribution in [2.24, 2.45) is 17.8 Å². The Labute approximate surface area is 129 Å². The van der Waals surface area contributed by atoms with Crippen LogP contribution in [0.3, 0.4) is 0 Å². The van der Waals surface area contributed by atoms with Gasteiger partial charge in [0, 0.05) is 6.54 Å². The number of fused-ring (bicyclic) bond motifs is 2. The minimum atomic E-state index is 0.878. The Morgan fingerprint density at radius 1 is 1.14 bits per heavy atom. The van der Waals surface area contributed by atoms with Gasteiger partial charge in [-0.3, -0.25) is 0 Å². The van der Waals surface area contributed by atoms with Gasteiger partial charge < -0.3 is 10.2 Å². The first kappa shape index (κ1) is 14.8. The Balaban J connectivity index is 1.26. The van der Waals surface area contributed by atoms with E-state index in [0.29, 0.717) is 0 Å².